The third-order valence-electron chi connectivity index (χ3n) is 4.48. The second-order valence-corrected chi connectivity index (χ2v) is 5.98. The number of rotatable bonds is 8. The maximum atomic E-state index is 3.84. The van der Waals surface area contributed by atoms with Crippen molar-refractivity contribution < 1.29 is 0 Å². The molecule has 2 heteroatoms. The summed E-state index contributed by atoms with van der Waals surface area (Å²) in [6.45, 7) is 5.77. The van der Waals surface area contributed by atoms with Gasteiger partial charge in [0.25, 0.3) is 0 Å². The molecule has 0 amide bonds. The summed E-state index contributed by atoms with van der Waals surface area (Å²) in [7, 11) is 4.50. The van der Waals surface area contributed by atoms with Crippen molar-refractivity contribution in [3.05, 3.63) is 0 Å². The van der Waals surface area contributed by atoms with E-state index in [1.807, 2.05) is 0 Å². The van der Waals surface area contributed by atoms with Crippen molar-refractivity contribution >= 4 is 0 Å². The third-order valence-corrected chi connectivity index (χ3v) is 4.48. The van der Waals surface area contributed by atoms with Crippen molar-refractivity contribution in [2.75, 3.05) is 20.6 Å². The smallest absolute Gasteiger partial charge is 0.0327 e. The van der Waals surface area contributed by atoms with E-state index >= 15 is 0 Å². The summed E-state index contributed by atoms with van der Waals surface area (Å²) in [6, 6.07) is 0.738. The van der Waals surface area contributed by atoms with Gasteiger partial charge >= 0.3 is 0 Å². The lowest BCUT2D eigenvalue weighted by molar-refractivity contribution is 0.147. The first-order valence-corrected chi connectivity index (χ1v) is 7.55. The summed E-state index contributed by atoms with van der Waals surface area (Å²) >= 11 is 0. The molecule has 0 aromatic heterocycles. The minimum atomic E-state index is 0.444. The molecule has 1 rings (SSSR count). The van der Waals surface area contributed by atoms with E-state index in [0.717, 1.165) is 6.04 Å². The van der Waals surface area contributed by atoms with Crippen molar-refractivity contribution in [2.24, 2.45) is 0 Å². The Labute approximate surface area is 108 Å². The highest BCUT2D eigenvalue weighted by atomic mass is 15.2. The molecular weight excluding hydrogens is 208 g/mol. The molecule has 0 saturated heterocycles. The monoisotopic (exact) mass is 240 g/mol. The van der Waals surface area contributed by atoms with Gasteiger partial charge in [-0.25, -0.2) is 0 Å². The standard InChI is InChI=1S/C15H32N2/c1-5-9-14(10-6-2)16-13-15(17(3)4)11-7-8-12-15/h14,16H,5-13H2,1-4H3. The van der Waals surface area contributed by atoms with Gasteiger partial charge in [-0.05, 0) is 39.8 Å². The Hall–Kier alpha value is -0.0800. The molecule has 1 aliphatic carbocycles. The molecule has 1 fully saturated rings. The van der Waals surface area contributed by atoms with Gasteiger partial charge in [-0.3, -0.25) is 0 Å². The van der Waals surface area contributed by atoms with E-state index in [9.17, 15) is 0 Å². The molecule has 0 atom stereocenters. The van der Waals surface area contributed by atoms with Crippen molar-refractivity contribution in [3.63, 3.8) is 0 Å². The second-order valence-electron chi connectivity index (χ2n) is 5.98. The van der Waals surface area contributed by atoms with E-state index in [1.54, 1.807) is 0 Å². The fourth-order valence-electron chi connectivity index (χ4n) is 3.19. The Morgan fingerprint density at radius 2 is 1.59 bits per heavy atom. The number of nitrogens with one attached hydrogen (secondary N) is 1. The maximum absolute atomic E-state index is 3.84. The van der Waals surface area contributed by atoms with Crippen LogP contribution in [0, 0.1) is 0 Å². The predicted octanol–water partition coefficient (Wildman–Crippen LogP) is 3.42. The fraction of sp³-hybridized carbons (Fsp3) is 1.00. The van der Waals surface area contributed by atoms with Gasteiger partial charge in [0.2, 0.25) is 0 Å². The molecule has 0 radical (unpaired) electrons. The van der Waals surface area contributed by atoms with Crippen LogP contribution in [0.4, 0.5) is 0 Å². The van der Waals surface area contributed by atoms with Crippen LogP contribution in [0.1, 0.15) is 65.2 Å². The zero-order valence-corrected chi connectivity index (χ0v) is 12.4. The first-order valence-electron chi connectivity index (χ1n) is 7.55. The lowest BCUT2D eigenvalue weighted by Gasteiger charge is -2.38. The lowest BCUT2D eigenvalue weighted by atomic mass is 9.95. The van der Waals surface area contributed by atoms with Gasteiger partial charge in [-0.2, -0.15) is 0 Å². The van der Waals surface area contributed by atoms with Crippen LogP contribution in [-0.2, 0) is 0 Å². The van der Waals surface area contributed by atoms with E-state index in [-0.39, 0.29) is 0 Å². The second kappa shape index (κ2) is 7.38. The van der Waals surface area contributed by atoms with Gasteiger partial charge in [0.1, 0.15) is 0 Å². The van der Waals surface area contributed by atoms with Gasteiger partial charge < -0.3 is 10.2 Å². The Balaban J connectivity index is 2.44. The SMILES string of the molecule is CCCC(CCC)NCC1(N(C)C)CCCC1. The summed E-state index contributed by atoms with van der Waals surface area (Å²) in [4.78, 5) is 2.46. The first-order chi connectivity index (χ1) is 8.14. The van der Waals surface area contributed by atoms with Gasteiger partial charge in [0.15, 0.2) is 0 Å². The summed E-state index contributed by atoms with van der Waals surface area (Å²) in [6.07, 6.45) is 10.8. The first kappa shape index (κ1) is 15.0. The van der Waals surface area contributed by atoms with Crippen LogP contribution in [-0.4, -0.2) is 37.1 Å². The van der Waals surface area contributed by atoms with Crippen LogP contribution in [0.2, 0.25) is 0 Å². The van der Waals surface area contributed by atoms with Crippen LogP contribution >= 0.6 is 0 Å². The van der Waals surface area contributed by atoms with Crippen molar-refractivity contribution in [2.45, 2.75) is 76.8 Å². The molecule has 0 aromatic carbocycles. The number of likely N-dealkylation sites (N-methyl/N-ethyl adjacent to an activating group) is 1. The summed E-state index contributed by atoms with van der Waals surface area (Å²) < 4.78 is 0. The molecular formula is C15H32N2. The maximum Gasteiger partial charge on any atom is 0.0327 e. The molecule has 0 unspecified atom stereocenters. The van der Waals surface area contributed by atoms with Gasteiger partial charge in [0, 0.05) is 18.1 Å². The van der Waals surface area contributed by atoms with E-state index in [2.05, 4.69) is 38.2 Å². The predicted molar refractivity (Wildman–Crippen MR) is 76.5 cm³/mol. The Morgan fingerprint density at radius 3 is 2.00 bits per heavy atom. The number of nitrogens with zero attached hydrogens (tertiary/aromatic N) is 1. The van der Waals surface area contributed by atoms with Gasteiger partial charge in [-0.1, -0.05) is 39.5 Å². The van der Waals surface area contributed by atoms with E-state index in [0.29, 0.717) is 5.54 Å². The van der Waals surface area contributed by atoms with Crippen LogP contribution in [0.15, 0.2) is 0 Å². The normalized spacial score (nSPS) is 19.4. The Morgan fingerprint density at radius 1 is 1.06 bits per heavy atom. The highest BCUT2D eigenvalue weighted by Crippen LogP contribution is 2.33. The highest BCUT2D eigenvalue weighted by Gasteiger charge is 2.35. The van der Waals surface area contributed by atoms with Crippen molar-refractivity contribution in [3.8, 4) is 0 Å². The molecule has 17 heavy (non-hydrogen) atoms. The average Bonchev–Trinajstić information content (AvgIpc) is 2.76. The number of hydrogen-bond acceptors (Lipinski definition) is 2. The van der Waals surface area contributed by atoms with E-state index in [1.165, 1.54) is 57.9 Å². The molecule has 0 bridgehead atoms. The van der Waals surface area contributed by atoms with Crippen LogP contribution in [0.25, 0.3) is 0 Å². The van der Waals surface area contributed by atoms with Gasteiger partial charge in [0.05, 0.1) is 0 Å². The molecule has 0 spiro atoms. The average molecular weight is 240 g/mol. The largest absolute Gasteiger partial charge is 0.312 e. The topological polar surface area (TPSA) is 15.3 Å². The molecule has 0 aromatic rings. The minimum absolute atomic E-state index is 0.444. The van der Waals surface area contributed by atoms with Crippen LogP contribution in [0.3, 0.4) is 0 Å². The zero-order chi connectivity index (χ0) is 12.7. The Bertz CT molecular complexity index is 189. The third kappa shape index (κ3) is 4.26. The highest BCUT2D eigenvalue weighted by molar-refractivity contribution is 4.95. The quantitative estimate of drug-likeness (QED) is 0.699. The Kier molecular flexibility index (Phi) is 6.50. The van der Waals surface area contributed by atoms with Crippen molar-refractivity contribution in [1.29, 1.82) is 0 Å². The summed E-state index contributed by atoms with van der Waals surface area (Å²) in [5.74, 6) is 0. The van der Waals surface area contributed by atoms with E-state index < -0.39 is 0 Å². The van der Waals surface area contributed by atoms with Crippen molar-refractivity contribution in [1.82, 2.24) is 10.2 Å². The van der Waals surface area contributed by atoms with Gasteiger partial charge in [-0.15, -0.1) is 0 Å². The molecule has 1 aliphatic rings. The molecule has 2 nitrogen and oxygen atoms in total. The molecule has 1 saturated carbocycles. The fourth-order valence-corrected chi connectivity index (χ4v) is 3.19. The molecule has 0 aliphatic heterocycles. The van der Waals surface area contributed by atoms with E-state index in [4.69, 9.17) is 0 Å². The number of hydrogen-bond donors (Lipinski definition) is 1. The summed E-state index contributed by atoms with van der Waals surface area (Å²) in [5.41, 5.74) is 0.444. The molecule has 102 valence electrons. The lowest BCUT2D eigenvalue weighted by Crippen LogP contribution is -2.51. The van der Waals surface area contributed by atoms with Crippen LogP contribution in [0.5, 0.6) is 0 Å². The van der Waals surface area contributed by atoms with Crippen LogP contribution < -0.4 is 5.32 Å². The zero-order valence-electron chi connectivity index (χ0n) is 12.4. The summed E-state index contributed by atoms with van der Waals surface area (Å²) in [5, 5.41) is 3.84. The molecule has 0 heterocycles. The molecule has 1 N–H and O–H groups in total. The minimum Gasteiger partial charge on any atom is -0.312 e.